The molecule has 0 unspecified atom stereocenters. The summed E-state index contributed by atoms with van der Waals surface area (Å²) in [5.41, 5.74) is 8.66. The molecule has 3 aromatic rings. The zero-order valence-electron chi connectivity index (χ0n) is 8.29. The van der Waals surface area contributed by atoms with E-state index in [-0.39, 0.29) is 0 Å². The van der Waals surface area contributed by atoms with Gasteiger partial charge in [0.2, 0.25) is 0 Å². The number of nitrogens with zero attached hydrogens (tertiary/aromatic N) is 1. The van der Waals surface area contributed by atoms with E-state index in [4.69, 9.17) is 17.3 Å². The topological polar surface area (TPSA) is 70.5 Å². The van der Waals surface area contributed by atoms with Gasteiger partial charge in [0.1, 0.15) is 5.82 Å². The Morgan fingerprint density at radius 3 is 2.94 bits per heavy atom. The minimum Gasteiger partial charge on any atom is -0.384 e. The summed E-state index contributed by atoms with van der Waals surface area (Å²) < 4.78 is 0. The van der Waals surface area contributed by atoms with Crippen LogP contribution >= 0.6 is 11.6 Å². The Morgan fingerprint density at radius 1 is 1.31 bits per heavy atom. The number of halogens is 1. The normalized spacial score (nSPS) is 11.1. The van der Waals surface area contributed by atoms with Gasteiger partial charge in [0.05, 0.1) is 11.2 Å². The van der Waals surface area contributed by atoms with Crippen LogP contribution in [0.25, 0.3) is 22.0 Å². The predicted octanol–water partition coefficient (Wildman–Crippen LogP) is 2.79. The van der Waals surface area contributed by atoms with Crippen LogP contribution in [0.15, 0.2) is 30.6 Å². The SMILES string of the molecule is Nc1[nH]ncc1-c1ccc2c(Cl)c[nH]c2c1. The van der Waals surface area contributed by atoms with Crippen LogP contribution in [0, 0.1) is 0 Å². The molecule has 0 saturated carbocycles. The molecule has 4 N–H and O–H groups in total. The van der Waals surface area contributed by atoms with Crippen molar-refractivity contribution in [3.63, 3.8) is 0 Å². The standard InChI is InChI=1S/C11H9ClN4/c12-9-5-14-10-3-6(1-2-7(9)10)8-4-15-16-11(8)13/h1-5,14H,(H3,13,15,16). The highest BCUT2D eigenvalue weighted by Gasteiger charge is 2.07. The maximum Gasteiger partial charge on any atom is 0.126 e. The summed E-state index contributed by atoms with van der Waals surface area (Å²) >= 11 is 6.01. The number of benzene rings is 1. The lowest BCUT2D eigenvalue weighted by Crippen LogP contribution is -1.87. The third kappa shape index (κ3) is 1.27. The van der Waals surface area contributed by atoms with Gasteiger partial charge in [-0.25, -0.2) is 0 Å². The molecule has 0 aliphatic rings. The molecule has 0 atom stereocenters. The average molecular weight is 233 g/mol. The van der Waals surface area contributed by atoms with Gasteiger partial charge in [-0.2, -0.15) is 5.10 Å². The summed E-state index contributed by atoms with van der Waals surface area (Å²) in [5.74, 6) is 0.567. The summed E-state index contributed by atoms with van der Waals surface area (Å²) in [5, 5.41) is 8.34. The second-order valence-electron chi connectivity index (χ2n) is 3.59. The van der Waals surface area contributed by atoms with Crippen molar-refractivity contribution in [1.82, 2.24) is 15.2 Å². The van der Waals surface area contributed by atoms with Gasteiger partial charge in [0.25, 0.3) is 0 Å². The van der Waals surface area contributed by atoms with Crippen LogP contribution in [0.2, 0.25) is 5.02 Å². The van der Waals surface area contributed by atoms with Crippen LogP contribution in [-0.4, -0.2) is 15.2 Å². The van der Waals surface area contributed by atoms with Crippen molar-refractivity contribution < 1.29 is 0 Å². The summed E-state index contributed by atoms with van der Waals surface area (Å²) in [6, 6.07) is 5.95. The van der Waals surface area contributed by atoms with E-state index in [0.29, 0.717) is 5.82 Å². The molecular formula is C11H9ClN4. The van der Waals surface area contributed by atoms with Crippen LogP contribution in [-0.2, 0) is 0 Å². The highest BCUT2D eigenvalue weighted by atomic mass is 35.5. The maximum atomic E-state index is 6.01. The molecule has 80 valence electrons. The fraction of sp³-hybridized carbons (Fsp3) is 0. The molecule has 0 amide bonds. The van der Waals surface area contributed by atoms with Gasteiger partial charge in [0.15, 0.2) is 0 Å². The molecule has 0 fully saturated rings. The van der Waals surface area contributed by atoms with Crippen molar-refractivity contribution in [2.75, 3.05) is 5.73 Å². The van der Waals surface area contributed by atoms with E-state index in [1.165, 1.54) is 0 Å². The highest BCUT2D eigenvalue weighted by Crippen LogP contribution is 2.29. The Balaban J connectivity index is 2.23. The lowest BCUT2D eigenvalue weighted by Gasteiger charge is -1.99. The van der Waals surface area contributed by atoms with Crippen molar-refractivity contribution in [1.29, 1.82) is 0 Å². The van der Waals surface area contributed by atoms with Crippen LogP contribution < -0.4 is 5.73 Å². The van der Waals surface area contributed by atoms with E-state index >= 15 is 0 Å². The van der Waals surface area contributed by atoms with Gasteiger partial charge in [-0.1, -0.05) is 23.7 Å². The van der Waals surface area contributed by atoms with Crippen LogP contribution in [0.4, 0.5) is 5.82 Å². The number of hydrogen-bond donors (Lipinski definition) is 3. The number of rotatable bonds is 1. The first-order chi connectivity index (χ1) is 7.75. The molecular weight excluding hydrogens is 224 g/mol. The molecule has 4 nitrogen and oxygen atoms in total. The zero-order chi connectivity index (χ0) is 11.1. The van der Waals surface area contributed by atoms with Gasteiger partial charge in [-0.3, -0.25) is 5.10 Å². The van der Waals surface area contributed by atoms with Crippen molar-refractivity contribution in [2.24, 2.45) is 0 Å². The summed E-state index contributed by atoms with van der Waals surface area (Å²) in [7, 11) is 0. The Labute approximate surface area is 96.4 Å². The van der Waals surface area contributed by atoms with Crippen LogP contribution in [0.1, 0.15) is 0 Å². The second-order valence-corrected chi connectivity index (χ2v) is 4.00. The number of nitrogen functional groups attached to an aromatic ring is 1. The highest BCUT2D eigenvalue weighted by molar-refractivity contribution is 6.35. The lowest BCUT2D eigenvalue weighted by atomic mass is 10.1. The quantitative estimate of drug-likeness (QED) is 0.604. The first kappa shape index (κ1) is 9.30. The monoisotopic (exact) mass is 232 g/mol. The summed E-state index contributed by atoms with van der Waals surface area (Å²) in [4.78, 5) is 3.11. The van der Waals surface area contributed by atoms with Gasteiger partial charge in [-0.15, -0.1) is 0 Å². The first-order valence-electron chi connectivity index (χ1n) is 4.81. The van der Waals surface area contributed by atoms with Gasteiger partial charge in [-0.05, 0) is 11.6 Å². The minimum absolute atomic E-state index is 0.567. The minimum atomic E-state index is 0.567. The van der Waals surface area contributed by atoms with Crippen molar-refractivity contribution in [3.05, 3.63) is 35.6 Å². The molecule has 5 heteroatoms. The molecule has 2 heterocycles. The number of fused-ring (bicyclic) bond motifs is 1. The van der Waals surface area contributed by atoms with Gasteiger partial charge < -0.3 is 10.7 Å². The predicted molar refractivity (Wildman–Crippen MR) is 65.3 cm³/mol. The zero-order valence-corrected chi connectivity index (χ0v) is 9.05. The van der Waals surface area contributed by atoms with E-state index in [1.807, 2.05) is 18.2 Å². The Hall–Kier alpha value is -1.94. The summed E-state index contributed by atoms with van der Waals surface area (Å²) in [6.07, 6.45) is 3.48. The summed E-state index contributed by atoms with van der Waals surface area (Å²) in [6.45, 7) is 0. The number of nitrogens with two attached hydrogens (primary N) is 1. The molecule has 0 aliphatic heterocycles. The molecule has 0 spiro atoms. The number of hydrogen-bond acceptors (Lipinski definition) is 2. The number of anilines is 1. The number of aromatic amines is 2. The molecule has 3 rings (SSSR count). The number of aromatic nitrogens is 3. The first-order valence-corrected chi connectivity index (χ1v) is 5.19. The third-order valence-electron chi connectivity index (χ3n) is 2.61. The molecule has 0 saturated heterocycles. The fourth-order valence-electron chi connectivity index (χ4n) is 1.78. The average Bonchev–Trinajstić information content (AvgIpc) is 2.86. The Bertz CT molecular complexity index is 653. The molecule has 16 heavy (non-hydrogen) atoms. The number of H-pyrrole nitrogens is 2. The maximum absolute atomic E-state index is 6.01. The molecule has 0 aliphatic carbocycles. The Kier molecular flexibility index (Phi) is 1.91. The molecule has 1 aromatic carbocycles. The molecule has 0 radical (unpaired) electrons. The fourth-order valence-corrected chi connectivity index (χ4v) is 2.00. The third-order valence-corrected chi connectivity index (χ3v) is 2.92. The Morgan fingerprint density at radius 2 is 2.19 bits per heavy atom. The van der Waals surface area contributed by atoms with Crippen molar-refractivity contribution in [3.8, 4) is 11.1 Å². The second kappa shape index (κ2) is 3.28. The molecule has 2 aromatic heterocycles. The van der Waals surface area contributed by atoms with Crippen LogP contribution in [0.3, 0.4) is 0 Å². The largest absolute Gasteiger partial charge is 0.384 e. The van der Waals surface area contributed by atoms with E-state index in [1.54, 1.807) is 12.4 Å². The van der Waals surface area contributed by atoms with E-state index in [2.05, 4.69) is 15.2 Å². The number of nitrogens with one attached hydrogen (secondary N) is 2. The van der Waals surface area contributed by atoms with Crippen LogP contribution in [0.5, 0.6) is 0 Å². The van der Waals surface area contributed by atoms with E-state index in [9.17, 15) is 0 Å². The lowest BCUT2D eigenvalue weighted by molar-refractivity contribution is 1.10. The van der Waals surface area contributed by atoms with Gasteiger partial charge >= 0.3 is 0 Å². The molecule has 0 bridgehead atoms. The van der Waals surface area contributed by atoms with Gasteiger partial charge in [0, 0.05) is 22.7 Å². The van der Waals surface area contributed by atoms with Crippen molar-refractivity contribution in [2.45, 2.75) is 0 Å². The van der Waals surface area contributed by atoms with Crippen molar-refractivity contribution >= 4 is 28.3 Å². The van der Waals surface area contributed by atoms with E-state index in [0.717, 1.165) is 27.1 Å². The van der Waals surface area contributed by atoms with E-state index < -0.39 is 0 Å². The smallest absolute Gasteiger partial charge is 0.126 e.